The first kappa shape index (κ1) is 45.1. The number of carbonyl (C=O) groups is 1. The maximum absolute atomic E-state index is 12.2. The van der Waals surface area contributed by atoms with Crippen LogP contribution in [-0.2, 0) is 4.79 Å². The number of rotatable bonds is 35. The fourth-order valence-electron chi connectivity index (χ4n) is 5.74. The van der Waals surface area contributed by atoms with Crippen molar-refractivity contribution >= 4 is 5.91 Å². The molecular weight excluding hydrogens is 578 g/mol. The fourth-order valence-corrected chi connectivity index (χ4v) is 5.74. The predicted octanol–water partition coefficient (Wildman–Crippen LogP) is 12.2. The van der Waals surface area contributed by atoms with Crippen molar-refractivity contribution in [2.75, 3.05) is 6.61 Å². The average molecular weight is 656 g/mol. The van der Waals surface area contributed by atoms with Gasteiger partial charge in [0.15, 0.2) is 0 Å². The number of hydrogen-bond donors (Lipinski definition) is 3. The molecule has 0 aromatic heterocycles. The van der Waals surface area contributed by atoms with Crippen molar-refractivity contribution in [3.05, 3.63) is 60.8 Å². The molecular formula is C43H77NO3. The number of allylic oxidation sites excluding steroid dienone is 10. The summed E-state index contributed by atoms with van der Waals surface area (Å²) in [6.07, 6.45) is 53.4. The lowest BCUT2D eigenvalue weighted by molar-refractivity contribution is -0.123. The van der Waals surface area contributed by atoms with E-state index < -0.39 is 12.1 Å². The number of amides is 1. The number of hydrogen-bond acceptors (Lipinski definition) is 3. The Bertz CT molecular complexity index is 797. The van der Waals surface area contributed by atoms with E-state index >= 15 is 0 Å². The first-order chi connectivity index (χ1) is 23.2. The summed E-state index contributed by atoms with van der Waals surface area (Å²) in [6, 6.07) is -0.533. The van der Waals surface area contributed by atoms with Crippen LogP contribution in [0.15, 0.2) is 60.8 Å². The molecule has 4 heteroatoms. The molecule has 0 aromatic rings. The van der Waals surface area contributed by atoms with E-state index in [1.54, 1.807) is 0 Å². The third-order valence-corrected chi connectivity index (χ3v) is 8.79. The van der Waals surface area contributed by atoms with E-state index in [1.165, 1.54) is 89.9 Å². The number of nitrogens with one attached hydrogen (secondary N) is 1. The molecule has 0 aromatic carbocycles. The van der Waals surface area contributed by atoms with Crippen LogP contribution in [0.3, 0.4) is 0 Å². The summed E-state index contributed by atoms with van der Waals surface area (Å²) in [4.78, 5) is 12.2. The topological polar surface area (TPSA) is 69.6 Å². The normalized spacial score (nSPS) is 13.7. The van der Waals surface area contributed by atoms with E-state index in [2.05, 4.69) is 79.9 Å². The molecule has 0 saturated carbocycles. The highest BCUT2D eigenvalue weighted by Gasteiger charge is 2.19. The molecule has 2 atom stereocenters. The SMILES string of the molecule is CC/C=C\C/C=C\C/C=C\C/C=C\C/C=C\CCCCCCCCCCCCCCCCCC(=O)NC(CO)C(O)CCCCCC. The smallest absolute Gasteiger partial charge is 0.220 e. The van der Waals surface area contributed by atoms with Gasteiger partial charge in [-0.05, 0) is 57.8 Å². The van der Waals surface area contributed by atoms with Gasteiger partial charge in [0.25, 0.3) is 0 Å². The van der Waals surface area contributed by atoms with Crippen molar-refractivity contribution < 1.29 is 15.0 Å². The van der Waals surface area contributed by atoms with Crippen molar-refractivity contribution in [2.24, 2.45) is 0 Å². The predicted molar refractivity (Wildman–Crippen MR) is 207 cm³/mol. The van der Waals surface area contributed by atoms with E-state index in [-0.39, 0.29) is 12.5 Å². The monoisotopic (exact) mass is 656 g/mol. The molecule has 0 rings (SSSR count). The van der Waals surface area contributed by atoms with Crippen molar-refractivity contribution in [3.8, 4) is 0 Å². The zero-order chi connectivity index (χ0) is 34.3. The summed E-state index contributed by atoms with van der Waals surface area (Å²) in [5, 5.41) is 22.7. The van der Waals surface area contributed by atoms with E-state index in [9.17, 15) is 15.0 Å². The first-order valence-electron chi connectivity index (χ1n) is 20.0. The summed E-state index contributed by atoms with van der Waals surface area (Å²) in [6.45, 7) is 4.13. The molecule has 0 spiro atoms. The maximum Gasteiger partial charge on any atom is 0.220 e. The Kier molecular flexibility index (Phi) is 37.0. The van der Waals surface area contributed by atoms with E-state index in [1.807, 2.05) is 0 Å². The molecule has 0 bridgehead atoms. The number of unbranched alkanes of at least 4 members (excludes halogenated alkanes) is 18. The number of aliphatic hydroxyl groups is 2. The Labute approximate surface area is 292 Å². The van der Waals surface area contributed by atoms with Crippen LogP contribution in [0.4, 0.5) is 0 Å². The molecule has 4 nitrogen and oxygen atoms in total. The lowest BCUT2D eigenvalue weighted by Gasteiger charge is -2.22. The molecule has 0 heterocycles. The Morgan fingerprint density at radius 1 is 0.532 bits per heavy atom. The number of carbonyl (C=O) groups excluding carboxylic acids is 1. The molecule has 0 radical (unpaired) electrons. The second-order valence-corrected chi connectivity index (χ2v) is 13.3. The van der Waals surface area contributed by atoms with Gasteiger partial charge in [-0.3, -0.25) is 4.79 Å². The molecule has 0 fully saturated rings. The van der Waals surface area contributed by atoms with Crippen LogP contribution < -0.4 is 5.32 Å². The molecule has 47 heavy (non-hydrogen) atoms. The summed E-state index contributed by atoms with van der Waals surface area (Å²) in [7, 11) is 0. The minimum absolute atomic E-state index is 0.0435. The van der Waals surface area contributed by atoms with Crippen molar-refractivity contribution in [1.29, 1.82) is 0 Å². The van der Waals surface area contributed by atoms with Crippen molar-refractivity contribution in [3.63, 3.8) is 0 Å². The van der Waals surface area contributed by atoms with Crippen LogP contribution in [0.25, 0.3) is 0 Å². The van der Waals surface area contributed by atoms with Crippen LogP contribution >= 0.6 is 0 Å². The third kappa shape index (κ3) is 35.2. The lowest BCUT2D eigenvalue weighted by atomic mass is 10.0. The minimum Gasteiger partial charge on any atom is -0.394 e. The Balaban J connectivity index is 3.42. The van der Waals surface area contributed by atoms with E-state index in [4.69, 9.17) is 0 Å². The second kappa shape index (κ2) is 38.5. The Morgan fingerprint density at radius 2 is 0.936 bits per heavy atom. The van der Waals surface area contributed by atoms with Gasteiger partial charge >= 0.3 is 0 Å². The van der Waals surface area contributed by atoms with Crippen LogP contribution in [0.5, 0.6) is 0 Å². The van der Waals surface area contributed by atoms with Gasteiger partial charge in [0.1, 0.15) is 0 Å². The highest BCUT2D eigenvalue weighted by molar-refractivity contribution is 5.76. The molecule has 0 aliphatic heterocycles. The van der Waals surface area contributed by atoms with Gasteiger partial charge < -0.3 is 15.5 Å². The summed E-state index contributed by atoms with van der Waals surface area (Å²) in [5.74, 6) is -0.0435. The van der Waals surface area contributed by atoms with Gasteiger partial charge in [-0.25, -0.2) is 0 Å². The Morgan fingerprint density at radius 3 is 1.38 bits per heavy atom. The first-order valence-corrected chi connectivity index (χ1v) is 20.0. The molecule has 2 unspecified atom stereocenters. The number of aliphatic hydroxyl groups excluding tert-OH is 2. The van der Waals surface area contributed by atoms with Gasteiger partial charge in [-0.2, -0.15) is 0 Å². The maximum atomic E-state index is 12.2. The van der Waals surface area contributed by atoms with Crippen molar-refractivity contribution in [1.82, 2.24) is 5.32 Å². The van der Waals surface area contributed by atoms with Crippen molar-refractivity contribution in [2.45, 2.75) is 199 Å². The zero-order valence-electron chi connectivity index (χ0n) is 31.0. The third-order valence-electron chi connectivity index (χ3n) is 8.79. The summed E-state index contributed by atoms with van der Waals surface area (Å²) < 4.78 is 0. The second-order valence-electron chi connectivity index (χ2n) is 13.3. The van der Waals surface area contributed by atoms with Gasteiger partial charge in [0.2, 0.25) is 5.91 Å². The summed E-state index contributed by atoms with van der Waals surface area (Å²) >= 11 is 0. The lowest BCUT2D eigenvalue weighted by Crippen LogP contribution is -2.45. The highest BCUT2D eigenvalue weighted by Crippen LogP contribution is 2.15. The van der Waals surface area contributed by atoms with Gasteiger partial charge in [0, 0.05) is 6.42 Å². The van der Waals surface area contributed by atoms with Crippen LogP contribution in [0.1, 0.15) is 187 Å². The van der Waals surface area contributed by atoms with Gasteiger partial charge in [0.05, 0.1) is 18.8 Å². The highest BCUT2D eigenvalue weighted by atomic mass is 16.3. The summed E-state index contributed by atoms with van der Waals surface area (Å²) in [5.41, 5.74) is 0. The van der Waals surface area contributed by atoms with Crippen LogP contribution in [0.2, 0.25) is 0 Å². The molecule has 0 saturated heterocycles. The Hall–Kier alpha value is -1.91. The van der Waals surface area contributed by atoms with E-state index in [0.717, 1.165) is 70.6 Å². The molecule has 1 amide bonds. The fraction of sp³-hybridized carbons (Fsp3) is 0.744. The van der Waals surface area contributed by atoms with Crippen LogP contribution in [0, 0.1) is 0 Å². The van der Waals surface area contributed by atoms with Gasteiger partial charge in [-0.15, -0.1) is 0 Å². The standard InChI is InChI=1S/C43H77NO3/c1-3-5-7-9-10-11-12-13-14-15-16-17-18-19-20-21-22-23-24-25-26-27-28-29-30-31-32-33-34-35-37-39-43(47)44-41(40-45)42(46)38-36-8-6-4-2/h5,7,10-11,13-14,16-17,19-20,41-42,45-46H,3-4,6,8-9,12,15,18,21-40H2,1-2H3,(H,44,47)/b7-5-,11-10-,14-13-,17-16-,20-19-. The largest absolute Gasteiger partial charge is 0.394 e. The molecule has 0 aliphatic rings. The quantitative estimate of drug-likeness (QED) is 0.0470. The average Bonchev–Trinajstić information content (AvgIpc) is 3.08. The van der Waals surface area contributed by atoms with Crippen LogP contribution in [-0.4, -0.2) is 34.9 Å². The molecule has 0 aliphatic carbocycles. The molecule has 272 valence electrons. The van der Waals surface area contributed by atoms with Gasteiger partial charge in [-0.1, -0.05) is 184 Å². The minimum atomic E-state index is -0.656. The zero-order valence-corrected chi connectivity index (χ0v) is 31.0. The van der Waals surface area contributed by atoms with E-state index in [0.29, 0.717) is 12.8 Å². The molecule has 3 N–H and O–H groups in total.